The van der Waals surface area contributed by atoms with Gasteiger partial charge in [0.1, 0.15) is 0 Å². The van der Waals surface area contributed by atoms with E-state index in [0.717, 1.165) is 19.4 Å². The van der Waals surface area contributed by atoms with Crippen LogP contribution in [0.25, 0.3) is 0 Å². The standard InChI is InChI=1S/C9H18BF3N.K/c1-4-6-7-14(5-2)8-9(3)10(11,12)13;/h3-8H2,1-2H3;/q-1;+1. The summed E-state index contributed by atoms with van der Waals surface area (Å²) in [7, 11) is 0. The summed E-state index contributed by atoms with van der Waals surface area (Å²) < 4.78 is 36.6. The fraction of sp³-hybridized carbons (Fsp3) is 0.778. The molecule has 0 aliphatic heterocycles. The van der Waals surface area contributed by atoms with Crippen LogP contribution >= 0.6 is 0 Å². The summed E-state index contributed by atoms with van der Waals surface area (Å²) in [4.78, 5) is 1.78. The number of halogens is 3. The molecule has 15 heavy (non-hydrogen) atoms. The number of hydrogen-bond donors (Lipinski definition) is 0. The van der Waals surface area contributed by atoms with Crippen molar-refractivity contribution in [3.05, 3.63) is 12.1 Å². The second-order valence-electron chi connectivity index (χ2n) is 3.46. The van der Waals surface area contributed by atoms with E-state index in [0.29, 0.717) is 6.54 Å². The molecule has 0 saturated carbocycles. The number of nitrogens with zero attached hydrogens (tertiary/aromatic N) is 1. The third-order valence-electron chi connectivity index (χ3n) is 2.16. The maximum atomic E-state index is 12.2. The number of hydrogen-bond acceptors (Lipinski definition) is 1. The van der Waals surface area contributed by atoms with Crippen molar-refractivity contribution in [3.63, 3.8) is 0 Å². The van der Waals surface area contributed by atoms with E-state index in [2.05, 4.69) is 6.58 Å². The molecule has 0 aromatic rings. The Morgan fingerprint density at radius 3 is 2.13 bits per heavy atom. The zero-order valence-corrected chi connectivity index (χ0v) is 13.0. The Morgan fingerprint density at radius 2 is 1.80 bits per heavy atom. The van der Waals surface area contributed by atoms with Gasteiger partial charge in [0.25, 0.3) is 0 Å². The van der Waals surface area contributed by atoms with Gasteiger partial charge in [0.15, 0.2) is 0 Å². The molecule has 0 heterocycles. The zero-order valence-electron chi connectivity index (χ0n) is 9.90. The van der Waals surface area contributed by atoms with E-state index in [1.807, 2.05) is 13.8 Å². The minimum absolute atomic E-state index is 0. The second-order valence-corrected chi connectivity index (χ2v) is 3.46. The van der Waals surface area contributed by atoms with Crippen molar-refractivity contribution in [3.8, 4) is 0 Å². The first-order valence-corrected chi connectivity index (χ1v) is 5.01. The molecule has 0 aliphatic rings. The molecular formula is C9H18BF3KN. The van der Waals surface area contributed by atoms with Crippen molar-refractivity contribution in [2.45, 2.75) is 26.7 Å². The minimum atomic E-state index is -4.86. The van der Waals surface area contributed by atoms with Gasteiger partial charge >= 0.3 is 58.4 Å². The normalized spacial score (nSPS) is 11.3. The third-order valence-corrected chi connectivity index (χ3v) is 2.16. The second kappa shape index (κ2) is 9.25. The SMILES string of the molecule is C=C(CN(CC)CCCC)[B-](F)(F)F.[K+]. The molecule has 0 amide bonds. The first-order chi connectivity index (χ1) is 6.41. The van der Waals surface area contributed by atoms with Gasteiger partial charge in [-0.1, -0.05) is 20.3 Å². The van der Waals surface area contributed by atoms with Crippen molar-refractivity contribution >= 4 is 6.98 Å². The smallest absolute Gasteiger partial charge is 0.445 e. The van der Waals surface area contributed by atoms with Crippen LogP contribution in [-0.4, -0.2) is 31.5 Å². The predicted molar refractivity (Wildman–Crippen MR) is 55.2 cm³/mol. The topological polar surface area (TPSA) is 3.24 Å². The summed E-state index contributed by atoms with van der Waals surface area (Å²) in [5.74, 6) is 0. The molecule has 0 rings (SSSR count). The fourth-order valence-electron chi connectivity index (χ4n) is 1.12. The van der Waals surface area contributed by atoms with Crippen LogP contribution in [0.3, 0.4) is 0 Å². The van der Waals surface area contributed by atoms with Gasteiger partial charge in [0.05, 0.1) is 0 Å². The van der Waals surface area contributed by atoms with Gasteiger partial charge in [0.2, 0.25) is 0 Å². The van der Waals surface area contributed by atoms with Crippen molar-refractivity contribution in [2.24, 2.45) is 0 Å². The molecule has 0 spiro atoms. The van der Waals surface area contributed by atoms with E-state index in [-0.39, 0.29) is 57.9 Å². The Balaban J connectivity index is 0. The maximum Gasteiger partial charge on any atom is 1.00 e. The molecule has 0 atom stereocenters. The van der Waals surface area contributed by atoms with Gasteiger partial charge < -0.3 is 17.8 Å². The van der Waals surface area contributed by atoms with Crippen molar-refractivity contribution in [1.82, 2.24) is 4.90 Å². The van der Waals surface area contributed by atoms with Gasteiger partial charge in [-0.25, -0.2) is 0 Å². The molecule has 84 valence electrons. The number of rotatable bonds is 7. The van der Waals surface area contributed by atoms with E-state index < -0.39 is 12.4 Å². The van der Waals surface area contributed by atoms with Gasteiger partial charge in [-0.15, -0.1) is 12.1 Å². The summed E-state index contributed by atoms with van der Waals surface area (Å²) in [6, 6.07) is 0. The van der Waals surface area contributed by atoms with Crippen LogP contribution in [-0.2, 0) is 0 Å². The van der Waals surface area contributed by atoms with Crippen LogP contribution in [0.5, 0.6) is 0 Å². The van der Waals surface area contributed by atoms with Crippen LogP contribution in [0.1, 0.15) is 26.7 Å². The number of likely N-dealkylation sites (N-methyl/N-ethyl adjacent to an activating group) is 1. The van der Waals surface area contributed by atoms with E-state index in [1.54, 1.807) is 4.90 Å². The Morgan fingerprint density at radius 1 is 1.27 bits per heavy atom. The van der Waals surface area contributed by atoms with Crippen LogP contribution in [0.15, 0.2) is 12.1 Å². The van der Waals surface area contributed by atoms with Crippen LogP contribution in [0.4, 0.5) is 12.9 Å². The maximum absolute atomic E-state index is 12.2. The molecule has 0 aliphatic carbocycles. The molecule has 0 aromatic carbocycles. The predicted octanol–water partition coefficient (Wildman–Crippen LogP) is 0.0552. The molecule has 6 heteroatoms. The van der Waals surface area contributed by atoms with E-state index in [1.165, 1.54) is 0 Å². The third kappa shape index (κ3) is 8.94. The average Bonchev–Trinajstić information content (AvgIpc) is 2.10. The zero-order chi connectivity index (χ0) is 11.2. The van der Waals surface area contributed by atoms with Crippen LogP contribution in [0.2, 0.25) is 0 Å². The molecule has 1 nitrogen and oxygen atoms in total. The Bertz CT molecular complexity index is 185. The first-order valence-electron chi connectivity index (χ1n) is 5.01. The molecule has 0 fully saturated rings. The Hall–Kier alpha value is 1.19. The average molecular weight is 247 g/mol. The van der Waals surface area contributed by atoms with Crippen molar-refractivity contribution in [2.75, 3.05) is 19.6 Å². The van der Waals surface area contributed by atoms with E-state index >= 15 is 0 Å². The van der Waals surface area contributed by atoms with E-state index in [9.17, 15) is 12.9 Å². The largest absolute Gasteiger partial charge is 1.00 e. The van der Waals surface area contributed by atoms with Gasteiger partial charge in [-0.05, 0) is 26.1 Å². The molecule has 0 saturated heterocycles. The molecule has 0 bridgehead atoms. The monoisotopic (exact) mass is 247 g/mol. The van der Waals surface area contributed by atoms with Gasteiger partial charge in [0, 0.05) is 0 Å². The van der Waals surface area contributed by atoms with Gasteiger partial charge in [-0.2, -0.15) is 0 Å². The minimum Gasteiger partial charge on any atom is -0.445 e. The van der Waals surface area contributed by atoms with Gasteiger partial charge in [-0.3, -0.25) is 0 Å². The van der Waals surface area contributed by atoms with Crippen molar-refractivity contribution in [1.29, 1.82) is 0 Å². The molecular weight excluding hydrogens is 229 g/mol. The van der Waals surface area contributed by atoms with Crippen LogP contribution < -0.4 is 51.4 Å². The summed E-state index contributed by atoms with van der Waals surface area (Å²) in [6.07, 6.45) is 1.94. The summed E-state index contributed by atoms with van der Waals surface area (Å²) in [5, 5.41) is 0. The number of unbranched alkanes of at least 4 members (excludes halogenated alkanes) is 1. The molecule has 0 unspecified atom stereocenters. The van der Waals surface area contributed by atoms with E-state index in [4.69, 9.17) is 0 Å². The van der Waals surface area contributed by atoms with Crippen molar-refractivity contribution < 1.29 is 64.3 Å². The Kier molecular flexibility index (Phi) is 11.4. The fourth-order valence-corrected chi connectivity index (χ4v) is 1.12. The summed E-state index contributed by atoms with van der Waals surface area (Å²) in [5.41, 5.74) is -0.594. The summed E-state index contributed by atoms with van der Waals surface area (Å²) in [6.45, 7) is 3.43. The summed E-state index contributed by atoms with van der Waals surface area (Å²) >= 11 is 0. The Labute approximate surface area is 133 Å². The quantitative estimate of drug-likeness (QED) is 0.575. The first kappa shape index (κ1) is 18.6. The van der Waals surface area contributed by atoms with Crippen LogP contribution in [0, 0.1) is 0 Å². The molecule has 0 radical (unpaired) electrons. The molecule has 0 aromatic heterocycles. The molecule has 0 N–H and O–H groups in total.